The van der Waals surface area contributed by atoms with Gasteiger partial charge in [0.25, 0.3) is 5.91 Å². The van der Waals surface area contributed by atoms with E-state index < -0.39 is 6.04 Å². The van der Waals surface area contributed by atoms with Crippen molar-refractivity contribution in [1.29, 1.82) is 0 Å². The zero-order valence-electron chi connectivity index (χ0n) is 19.6. The Labute approximate surface area is 225 Å². The van der Waals surface area contributed by atoms with Gasteiger partial charge in [-0.25, -0.2) is 0 Å². The number of thiocarbonyl (C=S) groups is 1. The first kappa shape index (κ1) is 26.0. The number of amides is 2. The summed E-state index contributed by atoms with van der Waals surface area (Å²) in [4.78, 5) is 34.6. The van der Waals surface area contributed by atoms with Gasteiger partial charge in [-0.2, -0.15) is 0 Å². The van der Waals surface area contributed by atoms with Crippen LogP contribution in [-0.2, 0) is 9.59 Å². The molecule has 0 aliphatic carbocycles. The number of halogens is 2. The summed E-state index contributed by atoms with van der Waals surface area (Å²) < 4.78 is 0.928. The Morgan fingerprint density at radius 2 is 1.71 bits per heavy atom. The zero-order valence-corrected chi connectivity index (χ0v) is 22.8. The van der Waals surface area contributed by atoms with Crippen LogP contribution in [0.1, 0.15) is 12.8 Å². The van der Waals surface area contributed by atoms with Gasteiger partial charge in [0.2, 0.25) is 5.91 Å². The van der Waals surface area contributed by atoms with Gasteiger partial charge in [-0.05, 0) is 80.8 Å². The average molecular weight is 579 g/mol. The number of anilines is 2. The fraction of sp³-hybridized carbons (Fsp3) is 0.400. The van der Waals surface area contributed by atoms with Crippen LogP contribution in [-0.4, -0.2) is 84.0 Å². The van der Waals surface area contributed by atoms with E-state index >= 15 is 0 Å². The second-order valence-corrected chi connectivity index (χ2v) is 10.6. The molecular formula is C25H29BrClN5O2S. The van der Waals surface area contributed by atoms with Crippen molar-refractivity contribution in [3.8, 4) is 0 Å². The van der Waals surface area contributed by atoms with E-state index in [0.29, 0.717) is 28.1 Å². The van der Waals surface area contributed by atoms with Crippen LogP contribution < -0.4 is 10.2 Å². The summed E-state index contributed by atoms with van der Waals surface area (Å²) in [6, 6.07) is 13.7. The molecule has 0 radical (unpaired) electrons. The predicted molar refractivity (Wildman–Crippen MR) is 148 cm³/mol. The Kier molecular flexibility index (Phi) is 8.77. The molecule has 1 atom stereocenters. The van der Waals surface area contributed by atoms with Gasteiger partial charge in [-0.15, -0.1) is 0 Å². The molecule has 2 heterocycles. The number of carbonyl (C=O) groups is 2. The summed E-state index contributed by atoms with van der Waals surface area (Å²) in [5.41, 5.74) is 1.34. The van der Waals surface area contributed by atoms with Crippen molar-refractivity contribution in [3.63, 3.8) is 0 Å². The summed E-state index contributed by atoms with van der Waals surface area (Å²) >= 11 is 15.2. The molecule has 0 bridgehead atoms. The van der Waals surface area contributed by atoms with Crippen LogP contribution in [0.5, 0.6) is 0 Å². The van der Waals surface area contributed by atoms with Gasteiger partial charge in [0.05, 0.1) is 12.1 Å². The van der Waals surface area contributed by atoms with Crippen LogP contribution in [0.2, 0.25) is 5.02 Å². The van der Waals surface area contributed by atoms with Gasteiger partial charge < -0.3 is 20.0 Å². The Morgan fingerprint density at radius 3 is 2.37 bits per heavy atom. The van der Waals surface area contributed by atoms with Gasteiger partial charge in [-0.1, -0.05) is 27.5 Å². The molecule has 35 heavy (non-hydrogen) atoms. The topological polar surface area (TPSA) is 59.1 Å². The van der Waals surface area contributed by atoms with Crippen LogP contribution in [0.4, 0.5) is 11.4 Å². The third kappa shape index (κ3) is 6.59. The third-order valence-corrected chi connectivity index (χ3v) is 7.58. The molecule has 2 aromatic rings. The van der Waals surface area contributed by atoms with Gasteiger partial charge in [0.1, 0.15) is 6.04 Å². The molecule has 0 aromatic heterocycles. The molecule has 4 rings (SSSR count). The highest BCUT2D eigenvalue weighted by molar-refractivity contribution is 9.10. The van der Waals surface area contributed by atoms with E-state index in [2.05, 4.69) is 38.1 Å². The van der Waals surface area contributed by atoms with E-state index in [1.54, 1.807) is 24.3 Å². The monoisotopic (exact) mass is 577 g/mol. The first-order chi connectivity index (χ1) is 16.8. The molecule has 2 amide bonds. The number of nitrogens with one attached hydrogen (secondary N) is 1. The van der Waals surface area contributed by atoms with E-state index in [1.165, 1.54) is 4.90 Å². The van der Waals surface area contributed by atoms with E-state index in [-0.39, 0.29) is 18.2 Å². The van der Waals surface area contributed by atoms with E-state index in [0.717, 1.165) is 43.6 Å². The molecule has 2 saturated heterocycles. The maximum Gasteiger partial charge on any atom is 0.256 e. The Bertz CT molecular complexity index is 1060. The normalized spacial score (nSPS) is 19.5. The minimum Gasteiger partial charge on any atom is -0.336 e. The smallest absolute Gasteiger partial charge is 0.256 e. The number of carbonyl (C=O) groups excluding carboxylic acids is 2. The second kappa shape index (κ2) is 11.8. The summed E-state index contributed by atoms with van der Waals surface area (Å²) in [7, 11) is 2.14. The first-order valence-electron chi connectivity index (χ1n) is 11.7. The van der Waals surface area contributed by atoms with E-state index in [1.807, 2.05) is 29.2 Å². The van der Waals surface area contributed by atoms with Crippen molar-refractivity contribution in [1.82, 2.24) is 14.7 Å². The summed E-state index contributed by atoms with van der Waals surface area (Å²) in [5, 5.41) is 3.91. The van der Waals surface area contributed by atoms with Gasteiger partial charge in [-0.3, -0.25) is 14.5 Å². The number of rotatable bonds is 8. The van der Waals surface area contributed by atoms with Crippen molar-refractivity contribution < 1.29 is 9.59 Å². The molecule has 2 aliphatic heterocycles. The molecule has 2 fully saturated rings. The highest BCUT2D eigenvalue weighted by Gasteiger charge is 2.43. The van der Waals surface area contributed by atoms with Crippen LogP contribution in [0, 0.1) is 0 Å². The maximum atomic E-state index is 13.5. The van der Waals surface area contributed by atoms with Crippen molar-refractivity contribution in [3.05, 3.63) is 58.0 Å². The molecule has 1 N–H and O–H groups in total. The standard InChI is InChI=1S/C25H29BrClN5O2S/c1-29-13-15-30(16-14-29)11-2-12-31-22(17-23(33)28-20-7-3-18(26)4-8-20)24(34)32(25(31)35)21-9-5-19(27)6-10-21/h3-10,22H,2,11-17H2,1H3,(H,28,33)/t22-/m0/s1. The minimum atomic E-state index is -0.652. The summed E-state index contributed by atoms with van der Waals surface area (Å²) in [5.74, 6) is -0.418. The zero-order chi connectivity index (χ0) is 24.9. The average Bonchev–Trinajstić information content (AvgIpc) is 3.06. The van der Waals surface area contributed by atoms with Gasteiger partial charge in [0, 0.05) is 47.9 Å². The molecule has 2 aliphatic rings. The molecule has 0 saturated carbocycles. The lowest BCUT2D eigenvalue weighted by atomic mass is 10.1. The highest BCUT2D eigenvalue weighted by Crippen LogP contribution is 2.29. The Hall–Kier alpha value is -2.04. The lowest BCUT2D eigenvalue weighted by Crippen LogP contribution is -2.45. The van der Waals surface area contributed by atoms with Crippen molar-refractivity contribution in [2.24, 2.45) is 0 Å². The number of benzene rings is 2. The largest absolute Gasteiger partial charge is 0.336 e. The van der Waals surface area contributed by atoms with Crippen LogP contribution in [0.3, 0.4) is 0 Å². The van der Waals surface area contributed by atoms with E-state index in [4.69, 9.17) is 23.8 Å². The van der Waals surface area contributed by atoms with Gasteiger partial charge in [0.15, 0.2) is 5.11 Å². The number of piperazine rings is 1. The van der Waals surface area contributed by atoms with Crippen LogP contribution in [0.15, 0.2) is 53.0 Å². The lowest BCUT2D eigenvalue weighted by molar-refractivity contribution is -0.124. The third-order valence-electron chi connectivity index (χ3n) is 6.38. The number of hydrogen-bond acceptors (Lipinski definition) is 5. The fourth-order valence-corrected chi connectivity index (χ4v) is 5.18. The molecule has 0 spiro atoms. The molecule has 10 heteroatoms. The Balaban J connectivity index is 1.46. The second-order valence-electron chi connectivity index (χ2n) is 8.90. The molecule has 2 aromatic carbocycles. The number of nitrogens with zero attached hydrogens (tertiary/aromatic N) is 4. The first-order valence-corrected chi connectivity index (χ1v) is 13.3. The highest BCUT2D eigenvalue weighted by atomic mass is 79.9. The lowest BCUT2D eigenvalue weighted by Gasteiger charge is -2.33. The molecule has 186 valence electrons. The van der Waals surface area contributed by atoms with Crippen LogP contribution >= 0.6 is 39.7 Å². The quantitative estimate of drug-likeness (QED) is 0.477. The van der Waals surface area contributed by atoms with Crippen molar-refractivity contribution in [2.75, 3.05) is 56.5 Å². The molecule has 7 nitrogen and oxygen atoms in total. The molecule has 0 unspecified atom stereocenters. The molecular weight excluding hydrogens is 550 g/mol. The number of hydrogen-bond donors (Lipinski definition) is 1. The van der Waals surface area contributed by atoms with Crippen molar-refractivity contribution >= 4 is 68.1 Å². The van der Waals surface area contributed by atoms with E-state index in [9.17, 15) is 9.59 Å². The fourth-order valence-electron chi connectivity index (χ4n) is 4.37. The van der Waals surface area contributed by atoms with Crippen LogP contribution in [0.25, 0.3) is 0 Å². The Morgan fingerprint density at radius 1 is 1.06 bits per heavy atom. The maximum absolute atomic E-state index is 13.5. The minimum absolute atomic E-state index is 0.0215. The van der Waals surface area contributed by atoms with Crippen molar-refractivity contribution in [2.45, 2.75) is 18.9 Å². The predicted octanol–water partition coefficient (Wildman–Crippen LogP) is 4.07. The number of likely N-dealkylation sites (N-methyl/N-ethyl adjacent to an activating group) is 1. The van der Waals surface area contributed by atoms with Gasteiger partial charge >= 0.3 is 0 Å². The summed E-state index contributed by atoms with van der Waals surface area (Å²) in [6.45, 7) is 5.73. The SMILES string of the molecule is CN1CCN(CCCN2C(=S)N(c3ccc(Cl)cc3)C(=O)[C@@H]2CC(=O)Nc2ccc(Br)cc2)CC1. The summed E-state index contributed by atoms with van der Waals surface area (Å²) in [6.07, 6.45) is 0.879.